The molecule has 8 nitrogen and oxygen atoms in total. The third kappa shape index (κ3) is 3.73. The van der Waals surface area contributed by atoms with Crippen LogP contribution in [0, 0.1) is 0 Å². The molecule has 145 valence electrons. The van der Waals surface area contributed by atoms with Crippen molar-refractivity contribution in [3.05, 3.63) is 29.0 Å². The molecule has 0 aliphatic carbocycles. The van der Waals surface area contributed by atoms with E-state index < -0.39 is 31.0 Å². The van der Waals surface area contributed by atoms with Crippen molar-refractivity contribution in [2.24, 2.45) is 0 Å². The molecule has 0 saturated carbocycles. The Bertz CT molecular complexity index is 817. The fraction of sp³-hybridized carbons (Fsp3) is 0.556. The summed E-state index contributed by atoms with van der Waals surface area (Å²) in [6, 6.07) is 5.31. The standard InChI is InChI=1S/C18H21ClN3O5/c19-18-21-12-6-9(16-15(25)14(24)13(8-23)27-16)3-4-11(12)17(22-18)20-7-10-2-1-5-26-10/h3-4,6,10,13-16,24-25H,1-2,5,7-8H2,(H,20,21,22)/t10?,13-,14-,15-,16+/m1/s1. The van der Waals surface area contributed by atoms with Gasteiger partial charge in [0.2, 0.25) is 5.28 Å². The predicted molar refractivity (Wildman–Crippen MR) is 97.2 cm³/mol. The molecule has 2 aliphatic rings. The fourth-order valence-electron chi connectivity index (χ4n) is 3.61. The van der Waals surface area contributed by atoms with Crippen molar-refractivity contribution in [3.8, 4) is 0 Å². The van der Waals surface area contributed by atoms with Gasteiger partial charge < -0.3 is 25.0 Å². The zero-order valence-corrected chi connectivity index (χ0v) is 15.3. The average molecular weight is 395 g/mol. The molecule has 0 spiro atoms. The van der Waals surface area contributed by atoms with Gasteiger partial charge in [0.05, 0.1) is 11.6 Å². The van der Waals surface area contributed by atoms with Crippen molar-refractivity contribution in [3.63, 3.8) is 0 Å². The van der Waals surface area contributed by atoms with Crippen molar-refractivity contribution in [2.75, 3.05) is 25.1 Å². The first-order valence-electron chi connectivity index (χ1n) is 8.99. The van der Waals surface area contributed by atoms with Crippen LogP contribution in [0.3, 0.4) is 0 Å². The monoisotopic (exact) mass is 394 g/mol. The number of hydrogen-bond acceptors (Lipinski definition) is 7. The Morgan fingerprint density at radius 1 is 1.26 bits per heavy atom. The van der Waals surface area contributed by atoms with E-state index in [0.717, 1.165) is 24.8 Å². The molecule has 2 aromatic rings. The lowest BCUT2D eigenvalue weighted by Gasteiger charge is -2.17. The molecule has 9 heteroatoms. The van der Waals surface area contributed by atoms with Gasteiger partial charge in [0.1, 0.15) is 36.8 Å². The molecule has 4 rings (SSSR count). The van der Waals surface area contributed by atoms with Gasteiger partial charge in [-0.15, -0.1) is 0 Å². The van der Waals surface area contributed by atoms with Gasteiger partial charge in [0, 0.05) is 18.5 Å². The largest absolute Gasteiger partial charge is 0.387 e. The Labute approximate surface area is 161 Å². The quantitative estimate of drug-likeness (QED) is 0.657. The van der Waals surface area contributed by atoms with E-state index in [4.69, 9.17) is 21.1 Å². The van der Waals surface area contributed by atoms with Crippen molar-refractivity contribution < 1.29 is 24.8 Å². The molecule has 3 heterocycles. The van der Waals surface area contributed by atoms with Gasteiger partial charge in [0.25, 0.3) is 0 Å². The van der Waals surface area contributed by atoms with Gasteiger partial charge in [-0.3, -0.25) is 0 Å². The number of aromatic nitrogens is 2. The second kappa shape index (κ2) is 7.83. The van der Waals surface area contributed by atoms with Crippen LogP contribution in [0.5, 0.6) is 0 Å². The minimum Gasteiger partial charge on any atom is -0.387 e. The molecule has 5 atom stereocenters. The van der Waals surface area contributed by atoms with Crippen LogP contribution in [0.25, 0.3) is 10.9 Å². The summed E-state index contributed by atoms with van der Waals surface area (Å²) in [5.41, 5.74) is 1.20. The van der Waals surface area contributed by atoms with Gasteiger partial charge in [-0.25, -0.2) is 15.1 Å². The smallest absolute Gasteiger partial charge is 0.224 e. The maximum Gasteiger partial charge on any atom is 0.224 e. The molecular weight excluding hydrogens is 374 g/mol. The molecule has 1 unspecified atom stereocenters. The van der Waals surface area contributed by atoms with E-state index in [-0.39, 0.29) is 11.4 Å². The number of fused-ring (bicyclic) bond motifs is 1. The number of aliphatic hydroxyl groups excluding tert-OH is 2. The number of anilines is 1. The van der Waals surface area contributed by atoms with Crippen molar-refractivity contribution >= 4 is 28.3 Å². The van der Waals surface area contributed by atoms with E-state index in [1.165, 1.54) is 0 Å². The van der Waals surface area contributed by atoms with Crippen LogP contribution in [-0.2, 0) is 14.6 Å². The summed E-state index contributed by atoms with van der Waals surface area (Å²) in [6.07, 6.45) is -1.88. The number of rotatable bonds is 5. The number of aliphatic hydroxyl groups is 2. The highest BCUT2D eigenvalue weighted by Crippen LogP contribution is 2.35. The summed E-state index contributed by atoms with van der Waals surface area (Å²) >= 11 is 6.07. The summed E-state index contributed by atoms with van der Waals surface area (Å²) < 4.78 is 11.1. The number of ether oxygens (including phenoxy) is 2. The van der Waals surface area contributed by atoms with Gasteiger partial charge in [-0.05, 0) is 42.1 Å². The van der Waals surface area contributed by atoms with Crippen LogP contribution >= 0.6 is 11.6 Å². The number of nitrogens with one attached hydrogen (secondary N) is 1. The van der Waals surface area contributed by atoms with Crippen molar-refractivity contribution in [2.45, 2.75) is 43.4 Å². The molecule has 2 saturated heterocycles. The Morgan fingerprint density at radius 3 is 2.81 bits per heavy atom. The second-order valence-corrected chi connectivity index (χ2v) is 7.21. The first-order chi connectivity index (χ1) is 13.1. The summed E-state index contributed by atoms with van der Waals surface area (Å²) in [6.45, 7) is 0.792. The zero-order valence-electron chi connectivity index (χ0n) is 14.5. The number of benzene rings is 1. The lowest BCUT2D eigenvalue weighted by molar-refractivity contribution is -0.0398. The maximum atomic E-state index is 11.1. The first-order valence-corrected chi connectivity index (χ1v) is 9.37. The van der Waals surface area contributed by atoms with E-state index in [1.54, 1.807) is 12.1 Å². The Kier molecular flexibility index (Phi) is 5.45. The molecule has 27 heavy (non-hydrogen) atoms. The van der Waals surface area contributed by atoms with Gasteiger partial charge in [0.15, 0.2) is 0 Å². The molecule has 1 aromatic heterocycles. The van der Waals surface area contributed by atoms with Crippen LogP contribution in [0.15, 0.2) is 18.2 Å². The summed E-state index contributed by atoms with van der Waals surface area (Å²) in [5, 5.41) is 35.4. The zero-order chi connectivity index (χ0) is 19.0. The van der Waals surface area contributed by atoms with E-state index in [2.05, 4.69) is 15.3 Å². The summed E-state index contributed by atoms with van der Waals surface area (Å²) in [5.74, 6) is 0.609. The van der Waals surface area contributed by atoms with Crippen molar-refractivity contribution in [1.29, 1.82) is 0 Å². The highest BCUT2D eigenvalue weighted by molar-refractivity contribution is 6.28. The topological polar surface area (TPSA) is 117 Å². The third-order valence-corrected chi connectivity index (χ3v) is 5.24. The van der Waals surface area contributed by atoms with Crippen LogP contribution in [0.4, 0.5) is 5.82 Å². The Morgan fingerprint density at radius 2 is 2.11 bits per heavy atom. The normalized spacial score (nSPS) is 30.9. The maximum absolute atomic E-state index is 11.1. The average Bonchev–Trinajstić information content (AvgIpc) is 3.28. The Balaban J connectivity index is 1.60. The molecular formula is C18H21ClN3O5. The minimum absolute atomic E-state index is 0.0971. The van der Waals surface area contributed by atoms with E-state index in [0.29, 0.717) is 23.4 Å². The number of hydrogen-bond donors (Lipinski definition) is 3. The molecule has 1 aromatic carbocycles. The van der Waals surface area contributed by atoms with Crippen LogP contribution < -0.4 is 5.32 Å². The fourth-order valence-corrected chi connectivity index (χ4v) is 3.78. The van der Waals surface area contributed by atoms with Gasteiger partial charge >= 0.3 is 0 Å². The molecule has 0 bridgehead atoms. The minimum atomic E-state index is -1.21. The van der Waals surface area contributed by atoms with E-state index >= 15 is 0 Å². The lowest BCUT2D eigenvalue weighted by Crippen LogP contribution is -2.32. The lowest BCUT2D eigenvalue weighted by atomic mass is 10.0. The van der Waals surface area contributed by atoms with Crippen molar-refractivity contribution in [1.82, 2.24) is 9.97 Å². The third-order valence-electron chi connectivity index (χ3n) is 5.07. The van der Waals surface area contributed by atoms with Crippen LogP contribution in [0.2, 0.25) is 5.28 Å². The molecule has 3 N–H and O–H groups in total. The first kappa shape index (κ1) is 18.8. The number of halogens is 1. The Hall–Kier alpha value is -1.55. The van der Waals surface area contributed by atoms with Gasteiger partial charge in [-0.2, -0.15) is 0 Å². The predicted octanol–water partition coefficient (Wildman–Crippen LogP) is 1.47. The van der Waals surface area contributed by atoms with E-state index in [9.17, 15) is 15.3 Å². The number of nitrogens with zero attached hydrogens (tertiary/aromatic N) is 2. The SMILES string of the molecule is [O]C[C@H]1O[C@@H](c2ccc3c(NCC4CCCO4)nc(Cl)nc3c2)[C@H](O)[C@@H]1O. The van der Waals surface area contributed by atoms with Gasteiger partial charge in [-0.1, -0.05) is 6.07 Å². The molecule has 2 aliphatic heterocycles. The van der Waals surface area contributed by atoms with Crippen LogP contribution in [0.1, 0.15) is 24.5 Å². The highest BCUT2D eigenvalue weighted by atomic mass is 35.5. The molecule has 0 amide bonds. The highest BCUT2D eigenvalue weighted by Gasteiger charge is 2.43. The molecule has 1 radical (unpaired) electrons. The second-order valence-electron chi connectivity index (χ2n) is 6.88. The summed E-state index contributed by atoms with van der Waals surface area (Å²) in [4.78, 5) is 8.52. The van der Waals surface area contributed by atoms with Crippen LogP contribution in [-0.4, -0.2) is 64.4 Å². The molecule has 2 fully saturated rings. The summed E-state index contributed by atoms with van der Waals surface area (Å²) in [7, 11) is 0. The van der Waals surface area contributed by atoms with E-state index in [1.807, 2.05) is 6.07 Å².